The fraction of sp³-hybridized carbons (Fsp3) is 0.278. The van der Waals surface area contributed by atoms with Gasteiger partial charge in [-0.1, -0.05) is 0 Å². The van der Waals surface area contributed by atoms with Crippen molar-refractivity contribution in [2.75, 3.05) is 43.1 Å². The predicted molar refractivity (Wildman–Crippen MR) is 94.8 cm³/mol. The number of ether oxygens (including phenoxy) is 1. The molecule has 122 valence electrons. The van der Waals surface area contributed by atoms with Crippen molar-refractivity contribution < 1.29 is 4.74 Å². The van der Waals surface area contributed by atoms with Gasteiger partial charge in [-0.25, -0.2) is 9.97 Å². The van der Waals surface area contributed by atoms with Crippen molar-refractivity contribution in [1.82, 2.24) is 15.0 Å². The highest BCUT2D eigenvalue weighted by Gasteiger charge is 2.21. The van der Waals surface area contributed by atoms with Crippen LogP contribution in [-0.2, 0) is 0 Å². The standard InChI is InChI=1S/C18H19N5O/c1-24-17-4-3-16(15-13-19-8-5-14(15)17)22-9-11-23(12-10-22)18-20-6-2-7-21-18/h2-8,13H,9-12H2,1H3. The third kappa shape index (κ3) is 2.60. The van der Waals surface area contributed by atoms with Gasteiger partial charge in [0.05, 0.1) is 7.11 Å². The molecule has 0 spiro atoms. The Hall–Kier alpha value is -2.89. The lowest BCUT2D eigenvalue weighted by molar-refractivity contribution is 0.420. The van der Waals surface area contributed by atoms with Gasteiger partial charge in [-0.05, 0) is 24.3 Å². The van der Waals surface area contributed by atoms with E-state index in [4.69, 9.17) is 4.74 Å². The molecule has 6 heteroatoms. The normalized spacial score (nSPS) is 14.9. The van der Waals surface area contributed by atoms with Crippen LogP contribution in [0.2, 0.25) is 0 Å². The number of hydrogen-bond donors (Lipinski definition) is 0. The second kappa shape index (κ2) is 6.31. The molecule has 0 amide bonds. The SMILES string of the molecule is COc1ccc(N2CCN(c3ncccn3)CC2)c2cnccc12. The molecular weight excluding hydrogens is 302 g/mol. The number of aromatic nitrogens is 3. The van der Waals surface area contributed by atoms with Gasteiger partial charge < -0.3 is 14.5 Å². The first kappa shape index (κ1) is 14.7. The number of benzene rings is 1. The van der Waals surface area contributed by atoms with Crippen LogP contribution in [0.1, 0.15) is 0 Å². The van der Waals surface area contributed by atoms with Gasteiger partial charge in [0.15, 0.2) is 0 Å². The van der Waals surface area contributed by atoms with E-state index < -0.39 is 0 Å². The second-order valence-electron chi connectivity index (χ2n) is 5.73. The fourth-order valence-corrected chi connectivity index (χ4v) is 3.20. The Kier molecular flexibility index (Phi) is 3.86. The van der Waals surface area contributed by atoms with E-state index in [-0.39, 0.29) is 0 Å². The highest BCUT2D eigenvalue weighted by atomic mass is 16.5. The summed E-state index contributed by atoms with van der Waals surface area (Å²) in [5.74, 6) is 1.69. The van der Waals surface area contributed by atoms with Crippen molar-refractivity contribution in [1.29, 1.82) is 0 Å². The molecule has 1 aliphatic heterocycles. The minimum Gasteiger partial charge on any atom is -0.496 e. The van der Waals surface area contributed by atoms with Gasteiger partial charge in [-0.15, -0.1) is 0 Å². The minimum atomic E-state index is 0.804. The zero-order valence-electron chi connectivity index (χ0n) is 13.6. The monoisotopic (exact) mass is 321 g/mol. The molecule has 0 bridgehead atoms. The first-order chi connectivity index (χ1) is 11.9. The second-order valence-corrected chi connectivity index (χ2v) is 5.73. The summed E-state index contributed by atoms with van der Waals surface area (Å²) in [4.78, 5) is 17.6. The van der Waals surface area contributed by atoms with Crippen LogP contribution >= 0.6 is 0 Å². The molecule has 0 saturated carbocycles. The molecule has 0 aliphatic carbocycles. The van der Waals surface area contributed by atoms with E-state index in [1.807, 2.05) is 24.4 Å². The summed E-state index contributed by atoms with van der Waals surface area (Å²) in [6, 6.07) is 8.00. The van der Waals surface area contributed by atoms with Gasteiger partial charge in [0, 0.05) is 67.4 Å². The lowest BCUT2D eigenvalue weighted by Crippen LogP contribution is -2.47. The lowest BCUT2D eigenvalue weighted by Gasteiger charge is -2.36. The van der Waals surface area contributed by atoms with Crippen molar-refractivity contribution >= 4 is 22.4 Å². The van der Waals surface area contributed by atoms with Crippen molar-refractivity contribution in [3.8, 4) is 5.75 Å². The van der Waals surface area contributed by atoms with Crippen LogP contribution in [0.5, 0.6) is 5.75 Å². The summed E-state index contributed by atoms with van der Waals surface area (Å²) < 4.78 is 5.47. The molecule has 3 heterocycles. The number of methoxy groups -OCH3 is 1. The number of rotatable bonds is 3. The predicted octanol–water partition coefficient (Wildman–Crippen LogP) is 2.36. The van der Waals surface area contributed by atoms with E-state index in [1.165, 1.54) is 5.69 Å². The number of fused-ring (bicyclic) bond motifs is 1. The Labute approximate surface area is 140 Å². The highest BCUT2D eigenvalue weighted by molar-refractivity contribution is 5.97. The van der Waals surface area contributed by atoms with Crippen molar-refractivity contribution in [3.05, 3.63) is 49.1 Å². The maximum Gasteiger partial charge on any atom is 0.225 e. The van der Waals surface area contributed by atoms with E-state index in [9.17, 15) is 0 Å². The topological polar surface area (TPSA) is 54.4 Å². The van der Waals surface area contributed by atoms with E-state index >= 15 is 0 Å². The van der Waals surface area contributed by atoms with Crippen LogP contribution in [0.3, 0.4) is 0 Å². The van der Waals surface area contributed by atoms with Gasteiger partial charge in [-0.2, -0.15) is 0 Å². The van der Waals surface area contributed by atoms with Crippen LogP contribution in [-0.4, -0.2) is 48.2 Å². The third-order valence-electron chi connectivity index (χ3n) is 4.43. The molecule has 0 unspecified atom stereocenters. The van der Waals surface area contributed by atoms with Gasteiger partial charge >= 0.3 is 0 Å². The van der Waals surface area contributed by atoms with Crippen LogP contribution in [0.15, 0.2) is 49.1 Å². The average Bonchev–Trinajstić information content (AvgIpc) is 2.68. The number of nitrogens with zero attached hydrogens (tertiary/aromatic N) is 5. The molecular formula is C18H19N5O. The maximum atomic E-state index is 5.47. The Morgan fingerprint density at radius 1 is 0.875 bits per heavy atom. The summed E-state index contributed by atoms with van der Waals surface area (Å²) in [6.07, 6.45) is 7.30. The van der Waals surface area contributed by atoms with Crippen LogP contribution in [0, 0.1) is 0 Å². The highest BCUT2D eigenvalue weighted by Crippen LogP contribution is 2.33. The fourth-order valence-electron chi connectivity index (χ4n) is 3.20. The number of piperazine rings is 1. The molecule has 0 atom stereocenters. The van der Waals surface area contributed by atoms with E-state index in [1.54, 1.807) is 25.7 Å². The van der Waals surface area contributed by atoms with Gasteiger partial charge in [0.25, 0.3) is 0 Å². The summed E-state index contributed by atoms with van der Waals surface area (Å²) in [5.41, 5.74) is 1.20. The zero-order chi connectivity index (χ0) is 16.4. The van der Waals surface area contributed by atoms with Gasteiger partial charge in [0.2, 0.25) is 5.95 Å². The van der Waals surface area contributed by atoms with Crippen LogP contribution < -0.4 is 14.5 Å². The maximum absolute atomic E-state index is 5.47. The molecule has 1 saturated heterocycles. The summed E-state index contributed by atoms with van der Waals surface area (Å²) in [5, 5.41) is 2.22. The third-order valence-corrected chi connectivity index (χ3v) is 4.43. The van der Waals surface area contributed by atoms with Crippen LogP contribution in [0.25, 0.3) is 10.8 Å². The average molecular weight is 321 g/mol. The molecule has 0 N–H and O–H groups in total. The molecule has 2 aromatic heterocycles. The summed E-state index contributed by atoms with van der Waals surface area (Å²) >= 11 is 0. The van der Waals surface area contributed by atoms with Crippen LogP contribution in [0.4, 0.5) is 11.6 Å². The molecule has 1 aromatic carbocycles. The summed E-state index contributed by atoms with van der Waals surface area (Å²) in [6.45, 7) is 3.65. The summed E-state index contributed by atoms with van der Waals surface area (Å²) in [7, 11) is 1.70. The molecule has 4 rings (SSSR count). The smallest absolute Gasteiger partial charge is 0.225 e. The van der Waals surface area contributed by atoms with E-state index in [0.717, 1.165) is 48.6 Å². The van der Waals surface area contributed by atoms with E-state index in [2.05, 4.69) is 30.8 Å². The van der Waals surface area contributed by atoms with Crippen molar-refractivity contribution in [3.63, 3.8) is 0 Å². The quantitative estimate of drug-likeness (QED) is 0.738. The molecule has 1 fully saturated rings. The number of pyridine rings is 1. The molecule has 6 nitrogen and oxygen atoms in total. The Morgan fingerprint density at radius 3 is 2.38 bits per heavy atom. The minimum absolute atomic E-state index is 0.804. The molecule has 0 radical (unpaired) electrons. The van der Waals surface area contributed by atoms with Crippen molar-refractivity contribution in [2.24, 2.45) is 0 Å². The molecule has 24 heavy (non-hydrogen) atoms. The van der Waals surface area contributed by atoms with Gasteiger partial charge in [0.1, 0.15) is 5.75 Å². The lowest BCUT2D eigenvalue weighted by atomic mass is 10.1. The Balaban J connectivity index is 1.59. The van der Waals surface area contributed by atoms with Crippen molar-refractivity contribution in [2.45, 2.75) is 0 Å². The Bertz CT molecular complexity index is 831. The zero-order valence-corrected chi connectivity index (χ0v) is 13.6. The number of hydrogen-bond acceptors (Lipinski definition) is 6. The van der Waals surface area contributed by atoms with E-state index in [0.29, 0.717) is 0 Å². The molecule has 3 aromatic rings. The Morgan fingerprint density at radius 2 is 1.62 bits per heavy atom. The largest absolute Gasteiger partial charge is 0.496 e. The first-order valence-electron chi connectivity index (χ1n) is 8.04. The molecule has 1 aliphatic rings. The first-order valence-corrected chi connectivity index (χ1v) is 8.04. The van der Waals surface area contributed by atoms with Gasteiger partial charge in [-0.3, -0.25) is 4.98 Å². The number of anilines is 2.